The van der Waals surface area contributed by atoms with Crippen molar-refractivity contribution in [3.8, 4) is 0 Å². The fourth-order valence-electron chi connectivity index (χ4n) is 0.250. The molecule has 0 bridgehead atoms. The van der Waals surface area contributed by atoms with Crippen molar-refractivity contribution >= 4 is 23.1 Å². The van der Waals surface area contributed by atoms with Gasteiger partial charge in [-0.3, -0.25) is 5.57 Å². The third-order valence-electron chi connectivity index (χ3n) is 0.908. The van der Waals surface area contributed by atoms with Crippen molar-refractivity contribution < 1.29 is 17.0 Å². The molecule has 0 saturated heterocycles. The van der Waals surface area contributed by atoms with Crippen molar-refractivity contribution in [1.82, 2.24) is 0 Å². The van der Waals surface area contributed by atoms with Crippen LogP contribution in [0.4, 0.5) is 0 Å². The molecule has 0 radical (unpaired) electrons. The Morgan fingerprint density at radius 2 is 1.50 bits per heavy atom. The summed E-state index contributed by atoms with van der Waals surface area (Å²) < 4.78 is 0. The van der Waals surface area contributed by atoms with E-state index >= 15 is 0 Å². The summed E-state index contributed by atoms with van der Waals surface area (Å²) >= 11 is 0. The molecule has 0 aliphatic rings. The first-order valence-electron chi connectivity index (χ1n) is 2.41. The van der Waals surface area contributed by atoms with E-state index in [1.54, 1.807) is 0 Å². The Labute approximate surface area is 78.7 Å². The molecule has 0 atom stereocenters. The number of allylic oxidation sites excluding steroid dienone is 1. The number of hydrogen-bond acceptors (Lipinski definition) is 0. The third-order valence-corrected chi connectivity index (χ3v) is 0.908. The average Bonchev–Trinajstić information content (AvgIpc) is 1.65. The van der Waals surface area contributed by atoms with E-state index in [4.69, 9.17) is 6.58 Å². The summed E-state index contributed by atoms with van der Waals surface area (Å²) in [4.78, 5) is 0. The molecular formula is C6H11BrMg. The molecule has 44 valence electrons. The molecule has 8 heavy (non-hydrogen) atoms. The second-order valence-electron chi connectivity index (χ2n) is 1.37. The van der Waals surface area contributed by atoms with Gasteiger partial charge in [0, 0.05) is 0 Å². The molecule has 0 saturated carbocycles. The van der Waals surface area contributed by atoms with Crippen molar-refractivity contribution in [2.24, 2.45) is 0 Å². The van der Waals surface area contributed by atoms with E-state index in [0.29, 0.717) is 0 Å². The number of halogens is 1. The molecule has 0 aliphatic carbocycles. The Bertz CT molecular complexity index is 46.5. The predicted octanol–water partition coefficient (Wildman–Crippen LogP) is -1.21. The topological polar surface area (TPSA) is 0 Å². The Balaban J connectivity index is -0.000000125. The first-order chi connectivity index (χ1) is 2.81. The van der Waals surface area contributed by atoms with Crippen LogP contribution in [0.15, 0.2) is 5.57 Å². The van der Waals surface area contributed by atoms with Gasteiger partial charge in [-0.15, -0.1) is 0 Å². The Hall–Kier alpha value is 0.986. The molecular weight excluding hydrogens is 176 g/mol. The van der Waals surface area contributed by atoms with Crippen molar-refractivity contribution in [3.63, 3.8) is 0 Å². The second kappa shape index (κ2) is 10.9. The summed E-state index contributed by atoms with van der Waals surface area (Å²) in [6.45, 7) is 9.53. The summed E-state index contributed by atoms with van der Waals surface area (Å²) in [6, 6.07) is 0. The molecule has 0 amide bonds. The average molecular weight is 187 g/mol. The van der Waals surface area contributed by atoms with Gasteiger partial charge in [-0.1, -0.05) is 26.7 Å². The van der Waals surface area contributed by atoms with Crippen LogP contribution in [-0.4, -0.2) is 23.1 Å². The van der Waals surface area contributed by atoms with Gasteiger partial charge in [0.25, 0.3) is 0 Å². The van der Waals surface area contributed by atoms with Crippen molar-refractivity contribution in [3.05, 3.63) is 12.2 Å². The van der Waals surface area contributed by atoms with E-state index in [-0.39, 0.29) is 40.0 Å². The van der Waals surface area contributed by atoms with Gasteiger partial charge < -0.3 is 23.6 Å². The zero-order chi connectivity index (χ0) is 4.99. The normalized spacial score (nSPS) is 6.25. The molecule has 0 unspecified atom stereocenters. The quantitative estimate of drug-likeness (QED) is 0.376. The molecule has 0 nitrogen and oxygen atoms in total. The smallest absolute Gasteiger partial charge is 1.00 e. The van der Waals surface area contributed by atoms with Crippen molar-refractivity contribution in [2.45, 2.75) is 26.7 Å². The molecule has 0 heterocycles. The Morgan fingerprint density at radius 1 is 1.25 bits per heavy atom. The zero-order valence-electron chi connectivity index (χ0n) is 5.58. The van der Waals surface area contributed by atoms with Gasteiger partial charge in [-0.05, 0) is 0 Å². The van der Waals surface area contributed by atoms with Gasteiger partial charge in [0.2, 0.25) is 0 Å². The van der Waals surface area contributed by atoms with Crippen molar-refractivity contribution in [2.75, 3.05) is 0 Å². The Kier molecular flexibility index (Phi) is 21.7. The molecule has 0 spiro atoms. The van der Waals surface area contributed by atoms with Crippen LogP contribution in [0, 0.1) is 6.58 Å². The molecule has 0 aromatic heterocycles. The van der Waals surface area contributed by atoms with E-state index in [1.165, 1.54) is 0 Å². The number of rotatable bonds is 2. The van der Waals surface area contributed by atoms with Crippen LogP contribution in [0.2, 0.25) is 0 Å². The molecule has 0 fully saturated rings. The minimum Gasteiger partial charge on any atom is -1.00 e. The largest absolute Gasteiger partial charge is 2.00 e. The van der Waals surface area contributed by atoms with E-state index in [9.17, 15) is 0 Å². The summed E-state index contributed by atoms with van der Waals surface area (Å²) in [5.41, 5.74) is 1.09. The van der Waals surface area contributed by atoms with Gasteiger partial charge >= 0.3 is 23.1 Å². The van der Waals surface area contributed by atoms with Gasteiger partial charge in [0.05, 0.1) is 0 Å². The van der Waals surface area contributed by atoms with E-state index in [0.717, 1.165) is 18.4 Å². The van der Waals surface area contributed by atoms with Crippen LogP contribution in [0.5, 0.6) is 0 Å². The summed E-state index contributed by atoms with van der Waals surface area (Å²) in [7, 11) is 0. The van der Waals surface area contributed by atoms with Crippen LogP contribution in [-0.2, 0) is 0 Å². The third kappa shape index (κ3) is 10.1. The molecule has 0 N–H and O–H groups in total. The van der Waals surface area contributed by atoms with Gasteiger partial charge in [-0.25, -0.2) is 0 Å². The van der Waals surface area contributed by atoms with Crippen molar-refractivity contribution in [1.29, 1.82) is 0 Å². The summed E-state index contributed by atoms with van der Waals surface area (Å²) in [5, 5.41) is 0. The fraction of sp³-hybridized carbons (Fsp3) is 0.667. The molecule has 0 aliphatic heterocycles. The standard InChI is InChI=1S/C6H11.BrH.Mg/c1-4-6(3)5-2;;/h3H,4-5H2,1-2H3;1H;/q-1;;+2/p-1. The molecule has 0 rings (SSSR count). The van der Waals surface area contributed by atoms with Crippen LogP contribution in [0.25, 0.3) is 0 Å². The van der Waals surface area contributed by atoms with Gasteiger partial charge in [-0.2, -0.15) is 0 Å². The van der Waals surface area contributed by atoms with E-state index in [2.05, 4.69) is 13.8 Å². The van der Waals surface area contributed by atoms with E-state index in [1.807, 2.05) is 0 Å². The second-order valence-corrected chi connectivity index (χ2v) is 1.37. The fourth-order valence-corrected chi connectivity index (χ4v) is 0.250. The van der Waals surface area contributed by atoms with Crippen LogP contribution in [0.3, 0.4) is 0 Å². The minimum atomic E-state index is 0. The number of hydrogen-bond donors (Lipinski definition) is 0. The van der Waals surface area contributed by atoms with Gasteiger partial charge in [0.15, 0.2) is 0 Å². The van der Waals surface area contributed by atoms with Crippen LogP contribution in [0.1, 0.15) is 26.7 Å². The molecule has 0 aromatic rings. The first kappa shape index (κ1) is 16.0. The van der Waals surface area contributed by atoms with Crippen LogP contribution < -0.4 is 17.0 Å². The minimum absolute atomic E-state index is 0. The zero-order valence-corrected chi connectivity index (χ0v) is 8.58. The maximum atomic E-state index is 5.39. The first-order valence-corrected chi connectivity index (χ1v) is 2.41. The summed E-state index contributed by atoms with van der Waals surface area (Å²) in [5.74, 6) is 0. The van der Waals surface area contributed by atoms with Crippen LogP contribution >= 0.6 is 0 Å². The SMILES string of the molecule is [Br-].[CH-]=C(CC)CC.[Mg+2]. The maximum absolute atomic E-state index is 5.39. The molecule has 0 aromatic carbocycles. The predicted molar refractivity (Wildman–Crippen MR) is 34.1 cm³/mol. The Morgan fingerprint density at radius 3 is 1.50 bits per heavy atom. The maximum Gasteiger partial charge on any atom is 2.00 e. The summed E-state index contributed by atoms with van der Waals surface area (Å²) in [6.07, 6.45) is 2.05. The van der Waals surface area contributed by atoms with E-state index < -0.39 is 0 Å². The monoisotopic (exact) mass is 186 g/mol. The van der Waals surface area contributed by atoms with Gasteiger partial charge in [0.1, 0.15) is 0 Å². The molecule has 2 heteroatoms.